The highest BCUT2D eigenvalue weighted by atomic mass is 32.2. The number of ether oxygens (including phenoxy) is 1. The quantitative estimate of drug-likeness (QED) is 0.704. The summed E-state index contributed by atoms with van der Waals surface area (Å²) in [6.07, 6.45) is 7.21. The Hall–Kier alpha value is -1.48. The topological polar surface area (TPSA) is 87.7 Å². The molecule has 1 heterocycles. The summed E-state index contributed by atoms with van der Waals surface area (Å²) < 4.78 is 32.0. The van der Waals surface area contributed by atoms with Crippen LogP contribution in [0.25, 0.3) is 0 Å². The molecule has 2 aliphatic rings. The molecule has 1 saturated carbocycles. The lowest BCUT2D eigenvalue weighted by molar-refractivity contribution is -0.118. The zero-order chi connectivity index (χ0) is 20.0. The normalized spacial score (nSPS) is 21.0. The molecule has 1 aromatic rings. The van der Waals surface area contributed by atoms with E-state index in [-0.39, 0.29) is 16.8 Å². The fraction of sp³-hybridized carbons (Fsp3) is 0.650. The number of sulfonamides is 1. The van der Waals surface area contributed by atoms with Gasteiger partial charge in [0.15, 0.2) is 0 Å². The fourth-order valence-corrected chi connectivity index (χ4v) is 5.18. The number of nitrogens with zero attached hydrogens (tertiary/aromatic N) is 1. The zero-order valence-corrected chi connectivity index (χ0v) is 17.3. The number of morpholine rings is 1. The molecule has 1 aliphatic carbocycles. The Labute approximate surface area is 167 Å². The van der Waals surface area contributed by atoms with E-state index in [9.17, 15) is 13.2 Å². The first-order valence-corrected chi connectivity index (χ1v) is 11.7. The monoisotopic (exact) mass is 409 g/mol. The predicted molar refractivity (Wildman–Crippen MR) is 109 cm³/mol. The lowest BCUT2D eigenvalue weighted by Crippen LogP contribution is -2.43. The van der Waals surface area contributed by atoms with Crippen molar-refractivity contribution < 1.29 is 17.9 Å². The summed E-state index contributed by atoms with van der Waals surface area (Å²) in [4.78, 5) is 12.7. The molecule has 2 fully saturated rings. The second kappa shape index (κ2) is 9.82. The Morgan fingerprint density at radius 1 is 1.07 bits per heavy atom. The number of carbonyl (C=O) groups excluding carboxylic acids is 1. The second-order valence-corrected chi connectivity index (χ2v) is 9.54. The first-order valence-electron chi connectivity index (χ1n) is 10.2. The lowest BCUT2D eigenvalue weighted by Gasteiger charge is -2.26. The highest BCUT2D eigenvalue weighted by Crippen LogP contribution is 2.20. The third kappa shape index (κ3) is 5.53. The molecule has 156 valence electrons. The summed E-state index contributed by atoms with van der Waals surface area (Å²) in [6, 6.07) is 6.48. The van der Waals surface area contributed by atoms with Crippen LogP contribution >= 0.6 is 0 Å². The molecule has 0 unspecified atom stereocenters. The van der Waals surface area contributed by atoms with Crippen LogP contribution in [0.5, 0.6) is 0 Å². The average molecular weight is 410 g/mol. The minimum atomic E-state index is -3.52. The van der Waals surface area contributed by atoms with E-state index in [2.05, 4.69) is 10.6 Å². The molecular weight excluding hydrogens is 378 g/mol. The molecule has 28 heavy (non-hydrogen) atoms. The van der Waals surface area contributed by atoms with Crippen molar-refractivity contribution in [2.24, 2.45) is 0 Å². The Morgan fingerprint density at radius 2 is 1.68 bits per heavy atom. The van der Waals surface area contributed by atoms with Crippen LogP contribution in [0, 0.1) is 0 Å². The van der Waals surface area contributed by atoms with E-state index < -0.39 is 10.0 Å². The minimum Gasteiger partial charge on any atom is -0.379 e. The van der Waals surface area contributed by atoms with Crippen molar-refractivity contribution >= 4 is 21.6 Å². The molecule has 0 spiro atoms. The van der Waals surface area contributed by atoms with Gasteiger partial charge in [0.05, 0.1) is 24.2 Å². The molecule has 1 amide bonds. The Morgan fingerprint density at radius 3 is 2.29 bits per heavy atom. The molecule has 1 atom stereocenters. The first-order chi connectivity index (χ1) is 13.5. The zero-order valence-electron chi connectivity index (χ0n) is 16.5. The molecule has 8 heteroatoms. The molecule has 1 aliphatic heterocycles. The van der Waals surface area contributed by atoms with Gasteiger partial charge in [-0.05, 0) is 44.0 Å². The van der Waals surface area contributed by atoms with Gasteiger partial charge in [0, 0.05) is 24.8 Å². The van der Waals surface area contributed by atoms with Crippen LogP contribution < -0.4 is 10.6 Å². The van der Waals surface area contributed by atoms with E-state index in [0.717, 1.165) is 12.8 Å². The Kier molecular flexibility index (Phi) is 7.45. The fourth-order valence-electron chi connectivity index (χ4n) is 3.77. The van der Waals surface area contributed by atoms with Gasteiger partial charge in [-0.3, -0.25) is 4.79 Å². The van der Waals surface area contributed by atoms with Crippen molar-refractivity contribution in [3.63, 3.8) is 0 Å². The van der Waals surface area contributed by atoms with E-state index >= 15 is 0 Å². The maximum atomic E-state index is 12.7. The van der Waals surface area contributed by atoms with Crippen LogP contribution in [0.4, 0.5) is 5.69 Å². The Bertz CT molecular complexity index is 737. The minimum absolute atomic E-state index is 0.104. The van der Waals surface area contributed by atoms with Gasteiger partial charge in [0.2, 0.25) is 15.9 Å². The number of amides is 1. The molecule has 7 nitrogen and oxygen atoms in total. The maximum absolute atomic E-state index is 12.7. The van der Waals surface area contributed by atoms with Crippen LogP contribution in [0.15, 0.2) is 29.2 Å². The average Bonchev–Trinajstić information content (AvgIpc) is 2.97. The number of benzene rings is 1. The van der Waals surface area contributed by atoms with Crippen LogP contribution in [-0.4, -0.2) is 57.0 Å². The van der Waals surface area contributed by atoms with Gasteiger partial charge in [-0.2, -0.15) is 4.31 Å². The molecular formula is C20H31N3O4S. The van der Waals surface area contributed by atoms with Gasteiger partial charge >= 0.3 is 0 Å². The molecule has 0 aromatic heterocycles. The molecule has 3 rings (SSSR count). The van der Waals surface area contributed by atoms with Crippen molar-refractivity contribution in [3.8, 4) is 0 Å². The summed E-state index contributed by atoms with van der Waals surface area (Å²) in [6.45, 7) is 3.44. The molecule has 1 saturated heterocycles. The second-order valence-electron chi connectivity index (χ2n) is 7.61. The van der Waals surface area contributed by atoms with Crippen LogP contribution in [-0.2, 0) is 19.6 Å². The molecule has 1 aromatic carbocycles. The summed E-state index contributed by atoms with van der Waals surface area (Å²) in [5, 5.41) is 6.31. The van der Waals surface area contributed by atoms with Crippen molar-refractivity contribution in [1.82, 2.24) is 9.62 Å². The third-order valence-corrected chi connectivity index (χ3v) is 7.38. The van der Waals surface area contributed by atoms with Crippen LogP contribution in [0.1, 0.15) is 45.4 Å². The van der Waals surface area contributed by atoms with Gasteiger partial charge in [-0.25, -0.2) is 8.42 Å². The summed E-state index contributed by atoms with van der Waals surface area (Å²) in [5.41, 5.74) is 0.598. The van der Waals surface area contributed by atoms with Crippen molar-refractivity contribution in [2.75, 3.05) is 31.6 Å². The largest absolute Gasteiger partial charge is 0.379 e. The van der Waals surface area contributed by atoms with E-state index in [1.165, 1.54) is 30.0 Å². The van der Waals surface area contributed by atoms with Crippen molar-refractivity contribution in [3.05, 3.63) is 24.3 Å². The van der Waals surface area contributed by atoms with Gasteiger partial charge in [-0.1, -0.05) is 25.7 Å². The molecule has 0 radical (unpaired) electrons. The summed E-state index contributed by atoms with van der Waals surface area (Å²) >= 11 is 0. The maximum Gasteiger partial charge on any atom is 0.243 e. The van der Waals surface area contributed by atoms with E-state index in [1.807, 2.05) is 6.92 Å². The Balaban J connectivity index is 1.56. The number of hydrogen-bond donors (Lipinski definition) is 2. The molecule has 2 N–H and O–H groups in total. The standard InChI is InChI=1S/C20H31N3O4S/c1-16(21-17-6-4-2-3-5-7-17)20(24)22-18-8-10-19(11-9-18)28(25,26)23-12-14-27-15-13-23/h8-11,16-17,21H,2-7,12-15H2,1H3,(H,22,24)/t16-/m0/s1. The number of hydrogen-bond acceptors (Lipinski definition) is 5. The third-order valence-electron chi connectivity index (χ3n) is 5.46. The smallest absolute Gasteiger partial charge is 0.243 e. The number of carbonyl (C=O) groups is 1. The summed E-state index contributed by atoms with van der Waals surface area (Å²) in [7, 11) is -3.52. The van der Waals surface area contributed by atoms with E-state index in [0.29, 0.717) is 38.0 Å². The van der Waals surface area contributed by atoms with Crippen molar-refractivity contribution in [1.29, 1.82) is 0 Å². The van der Waals surface area contributed by atoms with Gasteiger partial charge in [0.1, 0.15) is 0 Å². The number of anilines is 1. The first kappa shape index (κ1) is 21.2. The van der Waals surface area contributed by atoms with Crippen LogP contribution in [0.2, 0.25) is 0 Å². The predicted octanol–water partition coefficient (Wildman–Crippen LogP) is 2.35. The molecule has 0 bridgehead atoms. The highest BCUT2D eigenvalue weighted by Gasteiger charge is 2.26. The summed E-state index contributed by atoms with van der Waals surface area (Å²) in [5.74, 6) is -0.104. The SMILES string of the molecule is C[C@H](NC1CCCCCC1)C(=O)Nc1ccc(S(=O)(=O)N2CCOCC2)cc1. The van der Waals surface area contributed by atoms with Crippen molar-refractivity contribution in [2.45, 2.75) is 62.4 Å². The van der Waals surface area contributed by atoms with Gasteiger partial charge in [-0.15, -0.1) is 0 Å². The number of rotatable bonds is 6. The lowest BCUT2D eigenvalue weighted by atomic mass is 10.1. The van der Waals surface area contributed by atoms with E-state index in [1.54, 1.807) is 24.3 Å². The number of nitrogens with one attached hydrogen (secondary N) is 2. The van der Waals surface area contributed by atoms with Gasteiger partial charge < -0.3 is 15.4 Å². The van der Waals surface area contributed by atoms with Crippen LogP contribution in [0.3, 0.4) is 0 Å². The van der Waals surface area contributed by atoms with E-state index in [4.69, 9.17) is 4.74 Å². The highest BCUT2D eigenvalue weighted by molar-refractivity contribution is 7.89. The van der Waals surface area contributed by atoms with Gasteiger partial charge in [0.25, 0.3) is 0 Å².